The number of benzene rings is 1. The number of nitrogens with one attached hydrogen (secondary N) is 1. The summed E-state index contributed by atoms with van der Waals surface area (Å²) in [5, 5.41) is 3.23. The summed E-state index contributed by atoms with van der Waals surface area (Å²) < 4.78 is 39.1. The minimum absolute atomic E-state index is 0.00514. The lowest BCUT2D eigenvalue weighted by Gasteiger charge is -2.38. The van der Waals surface area contributed by atoms with Crippen LogP contribution in [0.2, 0.25) is 0 Å². The SMILES string of the molecule is CNC1(C)CCN(S(=O)(=O)c2ccc(F)cc2)CC1. The van der Waals surface area contributed by atoms with Gasteiger partial charge in [0.2, 0.25) is 10.0 Å². The number of hydrogen-bond donors (Lipinski definition) is 1. The molecule has 0 unspecified atom stereocenters. The Labute approximate surface area is 113 Å². The fraction of sp³-hybridized carbons (Fsp3) is 0.538. The quantitative estimate of drug-likeness (QED) is 0.918. The molecule has 0 radical (unpaired) electrons. The van der Waals surface area contributed by atoms with Crippen molar-refractivity contribution in [2.45, 2.75) is 30.2 Å². The van der Waals surface area contributed by atoms with E-state index in [1.807, 2.05) is 7.05 Å². The van der Waals surface area contributed by atoms with Gasteiger partial charge in [0.1, 0.15) is 5.82 Å². The first-order valence-electron chi connectivity index (χ1n) is 6.32. The number of halogens is 1. The Kier molecular flexibility index (Phi) is 3.94. The van der Waals surface area contributed by atoms with Gasteiger partial charge in [0.15, 0.2) is 0 Å². The molecule has 19 heavy (non-hydrogen) atoms. The highest BCUT2D eigenvalue weighted by atomic mass is 32.2. The van der Waals surface area contributed by atoms with Crippen LogP contribution >= 0.6 is 0 Å². The van der Waals surface area contributed by atoms with Gasteiger partial charge in [-0.3, -0.25) is 0 Å². The Bertz CT molecular complexity index is 534. The monoisotopic (exact) mass is 286 g/mol. The number of piperidine rings is 1. The molecule has 6 heteroatoms. The molecule has 0 aliphatic carbocycles. The van der Waals surface area contributed by atoms with Crippen molar-refractivity contribution in [3.05, 3.63) is 30.1 Å². The van der Waals surface area contributed by atoms with Gasteiger partial charge in [0.05, 0.1) is 4.90 Å². The summed E-state index contributed by atoms with van der Waals surface area (Å²) in [5.74, 6) is -0.430. The normalized spacial score (nSPS) is 20.4. The van der Waals surface area contributed by atoms with Crippen molar-refractivity contribution >= 4 is 10.0 Å². The van der Waals surface area contributed by atoms with Crippen molar-refractivity contribution < 1.29 is 12.8 Å². The molecule has 4 nitrogen and oxygen atoms in total. The van der Waals surface area contributed by atoms with Gasteiger partial charge < -0.3 is 5.32 Å². The Hall–Kier alpha value is -0.980. The lowest BCUT2D eigenvalue weighted by Crippen LogP contribution is -2.51. The van der Waals surface area contributed by atoms with Crippen LogP contribution in [-0.2, 0) is 10.0 Å². The maximum Gasteiger partial charge on any atom is 0.243 e. The molecule has 1 aromatic carbocycles. The predicted octanol–water partition coefficient (Wildman–Crippen LogP) is 1.59. The summed E-state index contributed by atoms with van der Waals surface area (Å²) in [6.45, 7) is 3.06. The summed E-state index contributed by atoms with van der Waals surface area (Å²) in [7, 11) is -1.61. The van der Waals surface area contributed by atoms with Crippen LogP contribution in [0.3, 0.4) is 0 Å². The van der Waals surface area contributed by atoms with E-state index in [-0.39, 0.29) is 10.4 Å². The minimum Gasteiger partial charge on any atom is -0.314 e. The summed E-state index contributed by atoms with van der Waals surface area (Å²) in [6, 6.07) is 4.98. The van der Waals surface area contributed by atoms with Crippen molar-refractivity contribution in [1.29, 1.82) is 0 Å². The molecule has 0 bridgehead atoms. The molecule has 1 aliphatic rings. The predicted molar refractivity (Wildman–Crippen MR) is 71.9 cm³/mol. The molecule has 0 aromatic heterocycles. The zero-order valence-electron chi connectivity index (χ0n) is 11.2. The molecule has 0 saturated carbocycles. The highest BCUT2D eigenvalue weighted by Crippen LogP contribution is 2.26. The molecule has 106 valence electrons. The van der Waals surface area contributed by atoms with E-state index in [0.717, 1.165) is 12.8 Å². The molecule has 1 aromatic rings. The van der Waals surface area contributed by atoms with Gasteiger partial charge in [-0.15, -0.1) is 0 Å². The zero-order valence-corrected chi connectivity index (χ0v) is 12.0. The van der Waals surface area contributed by atoms with E-state index < -0.39 is 15.8 Å². The summed E-state index contributed by atoms with van der Waals surface area (Å²) >= 11 is 0. The first kappa shape index (κ1) is 14.4. The van der Waals surface area contributed by atoms with Crippen LogP contribution in [0.15, 0.2) is 29.2 Å². The molecule has 0 amide bonds. The number of hydrogen-bond acceptors (Lipinski definition) is 3. The molecule has 1 N–H and O–H groups in total. The van der Waals surface area contributed by atoms with Crippen LogP contribution in [0.1, 0.15) is 19.8 Å². The van der Waals surface area contributed by atoms with Crippen LogP contribution in [0, 0.1) is 5.82 Å². The highest BCUT2D eigenvalue weighted by Gasteiger charge is 2.34. The molecule has 1 aliphatic heterocycles. The average Bonchev–Trinajstić information content (AvgIpc) is 2.40. The van der Waals surface area contributed by atoms with Gasteiger partial charge in [-0.05, 0) is 51.1 Å². The number of nitrogens with zero attached hydrogens (tertiary/aromatic N) is 1. The van der Waals surface area contributed by atoms with Crippen molar-refractivity contribution in [1.82, 2.24) is 9.62 Å². The second kappa shape index (κ2) is 5.19. The fourth-order valence-electron chi connectivity index (χ4n) is 2.23. The van der Waals surface area contributed by atoms with Crippen LogP contribution in [0.25, 0.3) is 0 Å². The van der Waals surface area contributed by atoms with E-state index >= 15 is 0 Å². The van der Waals surface area contributed by atoms with Crippen LogP contribution in [0.4, 0.5) is 4.39 Å². The summed E-state index contributed by atoms with van der Waals surface area (Å²) in [6.07, 6.45) is 1.54. The third-order valence-electron chi connectivity index (χ3n) is 3.88. The van der Waals surface area contributed by atoms with Gasteiger partial charge >= 0.3 is 0 Å². The Morgan fingerprint density at radius 1 is 1.21 bits per heavy atom. The van der Waals surface area contributed by atoms with Gasteiger partial charge in [0.25, 0.3) is 0 Å². The molecule has 1 saturated heterocycles. The average molecular weight is 286 g/mol. The molecular weight excluding hydrogens is 267 g/mol. The van der Waals surface area contributed by atoms with Crippen molar-refractivity contribution in [2.75, 3.05) is 20.1 Å². The molecule has 0 atom stereocenters. The molecule has 1 heterocycles. The Balaban J connectivity index is 2.16. The van der Waals surface area contributed by atoms with Crippen molar-refractivity contribution in [3.63, 3.8) is 0 Å². The lowest BCUT2D eigenvalue weighted by atomic mass is 9.91. The minimum atomic E-state index is -3.50. The highest BCUT2D eigenvalue weighted by molar-refractivity contribution is 7.89. The fourth-order valence-corrected chi connectivity index (χ4v) is 3.67. The summed E-state index contributed by atoms with van der Waals surface area (Å²) in [4.78, 5) is 0.155. The van der Waals surface area contributed by atoms with E-state index in [9.17, 15) is 12.8 Å². The van der Waals surface area contributed by atoms with Gasteiger partial charge in [-0.25, -0.2) is 12.8 Å². The van der Waals surface area contributed by atoms with Crippen molar-refractivity contribution in [3.8, 4) is 0 Å². The molecule has 1 fully saturated rings. The molecule has 0 spiro atoms. The number of sulfonamides is 1. The standard InChI is InChI=1S/C13H19FN2O2S/c1-13(15-2)7-9-16(10-8-13)19(17,18)12-5-3-11(14)4-6-12/h3-6,15H,7-10H2,1-2H3. The topological polar surface area (TPSA) is 49.4 Å². The largest absolute Gasteiger partial charge is 0.314 e. The van der Waals surface area contributed by atoms with Crippen LogP contribution in [0.5, 0.6) is 0 Å². The van der Waals surface area contributed by atoms with Gasteiger partial charge in [-0.1, -0.05) is 0 Å². The Morgan fingerprint density at radius 2 is 1.74 bits per heavy atom. The van der Waals surface area contributed by atoms with E-state index in [1.54, 1.807) is 0 Å². The molecular formula is C13H19FN2O2S. The second-order valence-corrected chi connectivity index (χ2v) is 7.11. The summed E-state index contributed by atoms with van der Waals surface area (Å²) in [5.41, 5.74) is -0.00514. The molecule has 2 rings (SSSR count). The first-order chi connectivity index (χ1) is 8.87. The maximum absolute atomic E-state index is 12.8. The van der Waals surface area contributed by atoms with E-state index in [2.05, 4.69) is 12.2 Å². The third-order valence-corrected chi connectivity index (χ3v) is 5.79. The maximum atomic E-state index is 12.8. The van der Waals surface area contributed by atoms with E-state index in [4.69, 9.17) is 0 Å². The number of rotatable bonds is 3. The smallest absolute Gasteiger partial charge is 0.243 e. The second-order valence-electron chi connectivity index (χ2n) is 5.17. The van der Waals surface area contributed by atoms with Gasteiger partial charge in [-0.2, -0.15) is 4.31 Å². The van der Waals surface area contributed by atoms with Crippen LogP contribution in [-0.4, -0.2) is 38.4 Å². The van der Waals surface area contributed by atoms with Crippen LogP contribution < -0.4 is 5.32 Å². The van der Waals surface area contributed by atoms with E-state index in [0.29, 0.717) is 13.1 Å². The Morgan fingerprint density at radius 3 is 2.21 bits per heavy atom. The van der Waals surface area contributed by atoms with Crippen molar-refractivity contribution in [2.24, 2.45) is 0 Å². The zero-order chi connectivity index (χ0) is 14.1. The van der Waals surface area contributed by atoms with E-state index in [1.165, 1.54) is 28.6 Å². The lowest BCUT2D eigenvalue weighted by molar-refractivity contribution is 0.219. The van der Waals surface area contributed by atoms with Gasteiger partial charge in [0, 0.05) is 18.6 Å². The third kappa shape index (κ3) is 2.96. The first-order valence-corrected chi connectivity index (χ1v) is 7.76.